The lowest BCUT2D eigenvalue weighted by Crippen LogP contribution is -2.42. The molecule has 0 bridgehead atoms. The van der Waals surface area contributed by atoms with Gasteiger partial charge in [-0.25, -0.2) is 0 Å². The largest absolute Gasteiger partial charge is 0.383 e. The second kappa shape index (κ2) is 7.48. The van der Waals surface area contributed by atoms with Crippen molar-refractivity contribution in [1.29, 1.82) is 0 Å². The number of hydrogen-bond acceptors (Lipinski definition) is 7. The maximum atomic E-state index is 13.0. The molecule has 1 fully saturated rings. The summed E-state index contributed by atoms with van der Waals surface area (Å²) >= 11 is 1.59. The Morgan fingerprint density at radius 1 is 1.42 bits per heavy atom. The highest BCUT2D eigenvalue weighted by Crippen LogP contribution is 2.28. The van der Waals surface area contributed by atoms with Crippen molar-refractivity contribution >= 4 is 27.3 Å². The van der Waals surface area contributed by atoms with Gasteiger partial charge < -0.3 is 14.4 Å². The molecule has 26 heavy (non-hydrogen) atoms. The van der Waals surface area contributed by atoms with Crippen LogP contribution >= 0.6 is 11.3 Å². The van der Waals surface area contributed by atoms with Crippen LogP contribution in [0.3, 0.4) is 0 Å². The molecule has 3 aromatic rings. The Bertz CT molecular complexity index is 909. The summed E-state index contributed by atoms with van der Waals surface area (Å²) in [5, 5.41) is 15.3. The minimum Gasteiger partial charge on any atom is -0.383 e. The van der Waals surface area contributed by atoms with Crippen LogP contribution in [-0.4, -0.2) is 64.4 Å². The molecular weight excluding hydrogens is 354 g/mol. The van der Waals surface area contributed by atoms with Gasteiger partial charge in [0.2, 0.25) is 5.82 Å². The number of methoxy groups -OCH3 is 1. The van der Waals surface area contributed by atoms with Gasteiger partial charge in [-0.1, -0.05) is 18.2 Å². The highest BCUT2D eigenvalue weighted by molar-refractivity contribution is 7.17. The Hall–Kier alpha value is -2.36. The fourth-order valence-corrected chi connectivity index (χ4v) is 3.89. The molecule has 1 aromatic carbocycles. The molecule has 1 aliphatic rings. The number of ether oxygens (including phenoxy) is 2. The van der Waals surface area contributed by atoms with Crippen LogP contribution in [0.2, 0.25) is 0 Å². The molecule has 1 amide bonds. The predicted molar refractivity (Wildman–Crippen MR) is 96.1 cm³/mol. The minimum atomic E-state index is -0.367. The van der Waals surface area contributed by atoms with Crippen LogP contribution in [-0.2, 0) is 16.0 Å². The van der Waals surface area contributed by atoms with Crippen molar-refractivity contribution in [1.82, 2.24) is 25.1 Å². The molecule has 2 aromatic heterocycles. The van der Waals surface area contributed by atoms with Crippen LogP contribution in [0.4, 0.5) is 0 Å². The first-order chi connectivity index (χ1) is 12.8. The van der Waals surface area contributed by atoms with Crippen LogP contribution in [0.15, 0.2) is 29.6 Å². The number of fused-ring (bicyclic) bond motifs is 1. The molecule has 9 heteroatoms. The minimum absolute atomic E-state index is 0.0162. The SMILES string of the molecule is COCCn1nnc(C2CN(C(=O)c3csc4ccccc34)CCO2)n1. The van der Waals surface area contributed by atoms with E-state index in [4.69, 9.17) is 9.47 Å². The summed E-state index contributed by atoms with van der Waals surface area (Å²) in [6.07, 6.45) is -0.367. The standard InChI is InChI=1S/C17H19N5O3S/c1-24-8-7-22-19-16(18-20-22)14-10-21(6-9-25-14)17(23)13-11-26-15-5-3-2-4-12(13)15/h2-5,11,14H,6-10H2,1H3. The topological polar surface area (TPSA) is 82.4 Å². The number of aromatic nitrogens is 4. The lowest BCUT2D eigenvalue weighted by molar-refractivity contribution is -0.0269. The maximum absolute atomic E-state index is 13.0. The van der Waals surface area contributed by atoms with Crippen LogP contribution < -0.4 is 0 Å². The second-order valence-electron chi connectivity index (χ2n) is 5.99. The van der Waals surface area contributed by atoms with Crippen molar-refractivity contribution in [2.75, 3.05) is 33.4 Å². The van der Waals surface area contributed by atoms with Gasteiger partial charge in [0.15, 0.2) is 0 Å². The summed E-state index contributed by atoms with van der Waals surface area (Å²) in [5.41, 5.74) is 0.739. The zero-order valence-corrected chi connectivity index (χ0v) is 15.2. The molecule has 8 nitrogen and oxygen atoms in total. The normalized spacial score (nSPS) is 17.7. The van der Waals surface area contributed by atoms with Gasteiger partial charge in [0.1, 0.15) is 6.10 Å². The number of nitrogens with zero attached hydrogens (tertiary/aromatic N) is 5. The molecule has 3 heterocycles. The first-order valence-electron chi connectivity index (χ1n) is 8.40. The Labute approximate surface area is 154 Å². The van der Waals surface area contributed by atoms with E-state index in [1.807, 2.05) is 29.6 Å². The Kier molecular flexibility index (Phi) is 4.91. The lowest BCUT2D eigenvalue weighted by atomic mass is 10.1. The van der Waals surface area contributed by atoms with E-state index in [0.29, 0.717) is 38.7 Å². The summed E-state index contributed by atoms with van der Waals surface area (Å²) in [6, 6.07) is 7.95. The van der Waals surface area contributed by atoms with Crippen molar-refractivity contribution in [3.8, 4) is 0 Å². The van der Waals surface area contributed by atoms with Crippen molar-refractivity contribution < 1.29 is 14.3 Å². The molecule has 0 N–H and O–H groups in total. The molecule has 0 saturated carbocycles. The fraction of sp³-hybridized carbons (Fsp3) is 0.412. The van der Waals surface area contributed by atoms with E-state index in [1.54, 1.807) is 23.3 Å². The quantitative estimate of drug-likeness (QED) is 0.678. The molecule has 0 spiro atoms. The van der Waals surface area contributed by atoms with Gasteiger partial charge in [0.25, 0.3) is 5.91 Å². The van der Waals surface area contributed by atoms with Crippen LogP contribution in [0.25, 0.3) is 10.1 Å². The fourth-order valence-electron chi connectivity index (χ4n) is 2.96. The number of morpholine rings is 1. The molecule has 4 rings (SSSR count). The third-order valence-electron chi connectivity index (χ3n) is 4.32. The first-order valence-corrected chi connectivity index (χ1v) is 9.28. The molecule has 0 aliphatic carbocycles. The van der Waals surface area contributed by atoms with Crippen molar-refractivity contribution in [3.63, 3.8) is 0 Å². The average molecular weight is 373 g/mol. The third kappa shape index (κ3) is 3.33. The highest BCUT2D eigenvalue weighted by Gasteiger charge is 2.30. The van der Waals surface area contributed by atoms with Crippen LogP contribution in [0.5, 0.6) is 0 Å². The first kappa shape index (κ1) is 17.1. The van der Waals surface area contributed by atoms with E-state index < -0.39 is 0 Å². The molecule has 0 radical (unpaired) electrons. The molecule has 1 unspecified atom stereocenters. The van der Waals surface area contributed by atoms with E-state index in [2.05, 4.69) is 15.4 Å². The summed E-state index contributed by atoms with van der Waals surface area (Å²) < 4.78 is 11.9. The number of carbonyl (C=O) groups excluding carboxylic acids is 1. The van der Waals surface area contributed by atoms with Gasteiger partial charge in [-0.15, -0.1) is 21.5 Å². The second-order valence-corrected chi connectivity index (χ2v) is 6.90. The average Bonchev–Trinajstić information content (AvgIpc) is 3.33. The number of amides is 1. The predicted octanol–water partition coefficient (Wildman–Crippen LogP) is 1.75. The summed E-state index contributed by atoms with van der Waals surface area (Å²) in [6.45, 7) is 2.46. The van der Waals surface area contributed by atoms with Gasteiger partial charge in [-0.2, -0.15) is 4.80 Å². The molecule has 1 saturated heterocycles. The monoisotopic (exact) mass is 373 g/mol. The van der Waals surface area contributed by atoms with Crippen LogP contribution in [0.1, 0.15) is 22.3 Å². The zero-order chi connectivity index (χ0) is 17.9. The Balaban J connectivity index is 1.49. The Morgan fingerprint density at radius 2 is 2.31 bits per heavy atom. The van der Waals surface area contributed by atoms with E-state index >= 15 is 0 Å². The van der Waals surface area contributed by atoms with Gasteiger partial charge in [-0.3, -0.25) is 4.79 Å². The van der Waals surface area contributed by atoms with E-state index in [0.717, 1.165) is 15.6 Å². The third-order valence-corrected chi connectivity index (χ3v) is 5.28. The van der Waals surface area contributed by atoms with Crippen molar-refractivity contribution in [3.05, 3.63) is 41.0 Å². The molecule has 1 aliphatic heterocycles. The summed E-state index contributed by atoms with van der Waals surface area (Å²) in [7, 11) is 1.62. The maximum Gasteiger partial charge on any atom is 0.255 e. The van der Waals surface area contributed by atoms with E-state index in [-0.39, 0.29) is 12.0 Å². The zero-order valence-electron chi connectivity index (χ0n) is 14.4. The summed E-state index contributed by atoms with van der Waals surface area (Å²) in [5.74, 6) is 0.510. The number of thiophene rings is 1. The number of tetrazole rings is 1. The molecular formula is C17H19N5O3S. The molecule has 136 valence electrons. The Morgan fingerprint density at radius 3 is 3.19 bits per heavy atom. The van der Waals surface area contributed by atoms with E-state index in [9.17, 15) is 4.79 Å². The number of carbonyl (C=O) groups is 1. The number of hydrogen-bond donors (Lipinski definition) is 0. The highest BCUT2D eigenvalue weighted by atomic mass is 32.1. The van der Waals surface area contributed by atoms with Gasteiger partial charge in [-0.05, 0) is 11.3 Å². The number of rotatable bonds is 5. The lowest BCUT2D eigenvalue weighted by Gasteiger charge is -2.31. The van der Waals surface area contributed by atoms with Crippen molar-refractivity contribution in [2.45, 2.75) is 12.6 Å². The van der Waals surface area contributed by atoms with Gasteiger partial charge in [0.05, 0.1) is 31.9 Å². The number of benzene rings is 1. The van der Waals surface area contributed by atoms with Gasteiger partial charge >= 0.3 is 0 Å². The molecule has 1 atom stereocenters. The van der Waals surface area contributed by atoms with Crippen LogP contribution in [0, 0.1) is 0 Å². The summed E-state index contributed by atoms with van der Waals surface area (Å²) in [4.78, 5) is 16.3. The smallest absolute Gasteiger partial charge is 0.255 e. The van der Waals surface area contributed by atoms with Crippen molar-refractivity contribution in [2.24, 2.45) is 0 Å². The van der Waals surface area contributed by atoms with Gasteiger partial charge in [0, 0.05) is 29.1 Å². The van der Waals surface area contributed by atoms with E-state index in [1.165, 1.54) is 4.80 Å².